The smallest absolute Gasteiger partial charge is 0.165 e. The average Bonchev–Trinajstić information content (AvgIpc) is 2.39. The maximum absolute atomic E-state index is 13.7. The first kappa shape index (κ1) is 14.0. The highest BCUT2D eigenvalue weighted by molar-refractivity contribution is 14.1. The maximum atomic E-state index is 13.7. The molecule has 0 radical (unpaired) electrons. The number of hydrogen-bond acceptors (Lipinski definition) is 2. The number of ketones is 1. The first-order valence-corrected chi connectivity index (χ1v) is 6.82. The first-order valence-electron chi connectivity index (χ1n) is 5.74. The summed E-state index contributed by atoms with van der Waals surface area (Å²) in [6.45, 7) is 1.70. The van der Waals surface area contributed by atoms with Crippen molar-refractivity contribution in [2.45, 2.75) is 13.5 Å². The Morgan fingerprint density at radius 2 is 1.89 bits per heavy atom. The largest absolute Gasteiger partial charge is 0.486 e. The summed E-state index contributed by atoms with van der Waals surface area (Å²) in [6, 6.07) is 12.1. The normalized spacial score (nSPS) is 10.3. The van der Waals surface area contributed by atoms with Crippen molar-refractivity contribution in [1.29, 1.82) is 0 Å². The SMILES string of the molecule is CC(=O)c1ccc(OCc2ccc(I)cc2)c(F)c1. The van der Waals surface area contributed by atoms with Crippen molar-refractivity contribution in [1.82, 2.24) is 0 Å². The molecule has 0 unspecified atom stereocenters. The fraction of sp³-hybridized carbons (Fsp3) is 0.133. The number of carbonyl (C=O) groups excluding carboxylic acids is 1. The minimum Gasteiger partial charge on any atom is -0.486 e. The lowest BCUT2D eigenvalue weighted by Crippen LogP contribution is -1.99. The van der Waals surface area contributed by atoms with Crippen molar-refractivity contribution in [3.8, 4) is 5.75 Å². The Kier molecular flexibility index (Phi) is 4.52. The van der Waals surface area contributed by atoms with E-state index in [1.165, 1.54) is 19.1 Å². The quantitative estimate of drug-likeness (QED) is 0.595. The molecule has 0 aliphatic carbocycles. The van der Waals surface area contributed by atoms with Gasteiger partial charge in [0.2, 0.25) is 0 Å². The Labute approximate surface area is 124 Å². The van der Waals surface area contributed by atoms with Crippen LogP contribution in [-0.2, 0) is 6.61 Å². The number of hydrogen-bond donors (Lipinski definition) is 0. The van der Waals surface area contributed by atoms with Crippen LogP contribution in [0.25, 0.3) is 0 Å². The van der Waals surface area contributed by atoms with Crippen LogP contribution >= 0.6 is 22.6 Å². The van der Waals surface area contributed by atoms with Crippen LogP contribution in [0.4, 0.5) is 4.39 Å². The third-order valence-electron chi connectivity index (χ3n) is 2.65. The van der Waals surface area contributed by atoms with Crippen molar-refractivity contribution in [3.63, 3.8) is 0 Å². The third kappa shape index (κ3) is 3.76. The van der Waals surface area contributed by atoms with Crippen molar-refractivity contribution in [2.75, 3.05) is 0 Å². The molecule has 2 nitrogen and oxygen atoms in total. The zero-order valence-corrected chi connectivity index (χ0v) is 12.5. The monoisotopic (exact) mass is 370 g/mol. The summed E-state index contributed by atoms with van der Waals surface area (Å²) in [5, 5.41) is 0. The Bertz CT molecular complexity index is 594. The number of Topliss-reactive ketones (excluding diaryl/α,β-unsaturated/α-hetero) is 1. The van der Waals surface area contributed by atoms with Gasteiger partial charge in [0.1, 0.15) is 6.61 Å². The molecule has 0 amide bonds. The first-order chi connectivity index (χ1) is 9.06. The second-order valence-corrected chi connectivity index (χ2v) is 5.36. The molecule has 19 heavy (non-hydrogen) atoms. The lowest BCUT2D eigenvalue weighted by molar-refractivity contribution is 0.101. The summed E-state index contributed by atoms with van der Waals surface area (Å²) in [4.78, 5) is 11.1. The Balaban J connectivity index is 2.07. The van der Waals surface area contributed by atoms with E-state index in [0.29, 0.717) is 12.2 Å². The summed E-state index contributed by atoms with van der Waals surface area (Å²) >= 11 is 2.22. The molecule has 2 rings (SSSR count). The molecule has 0 fully saturated rings. The van der Waals surface area contributed by atoms with E-state index in [1.807, 2.05) is 24.3 Å². The highest BCUT2D eigenvalue weighted by Crippen LogP contribution is 2.20. The highest BCUT2D eigenvalue weighted by Gasteiger charge is 2.07. The van der Waals surface area contributed by atoms with Crippen LogP contribution in [0.1, 0.15) is 22.8 Å². The van der Waals surface area contributed by atoms with E-state index < -0.39 is 5.82 Å². The number of rotatable bonds is 4. The van der Waals surface area contributed by atoms with E-state index in [-0.39, 0.29) is 11.5 Å². The van der Waals surface area contributed by atoms with Crippen molar-refractivity contribution in [3.05, 3.63) is 63.0 Å². The summed E-state index contributed by atoms with van der Waals surface area (Å²) < 4.78 is 20.2. The molecule has 4 heteroatoms. The molecule has 0 aliphatic heterocycles. The molecule has 0 saturated carbocycles. The number of carbonyl (C=O) groups is 1. The van der Waals surface area contributed by atoms with E-state index in [1.54, 1.807) is 6.07 Å². The van der Waals surface area contributed by atoms with Gasteiger partial charge in [0.15, 0.2) is 17.3 Å². The molecular formula is C15H12FIO2. The second-order valence-electron chi connectivity index (χ2n) is 4.12. The van der Waals surface area contributed by atoms with Crippen molar-refractivity contribution >= 4 is 28.4 Å². The van der Waals surface area contributed by atoms with Gasteiger partial charge in [-0.2, -0.15) is 0 Å². The summed E-state index contributed by atoms with van der Waals surface area (Å²) in [7, 11) is 0. The van der Waals surface area contributed by atoms with Crippen LogP contribution in [-0.4, -0.2) is 5.78 Å². The number of benzene rings is 2. The molecule has 2 aromatic rings. The Hall–Kier alpha value is -1.43. The number of ether oxygens (including phenoxy) is 1. The Morgan fingerprint density at radius 1 is 1.21 bits per heavy atom. The van der Waals surface area contributed by atoms with Gasteiger partial charge in [0.05, 0.1) is 0 Å². The molecule has 0 atom stereocenters. The topological polar surface area (TPSA) is 26.3 Å². The van der Waals surface area contributed by atoms with Crippen LogP contribution in [0.5, 0.6) is 5.75 Å². The van der Waals surface area contributed by atoms with Crippen molar-refractivity contribution < 1.29 is 13.9 Å². The molecule has 0 bridgehead atoms. The van der Waals surface area contributed by atoms with Gasteiger partial charge in [0.25, 0.3) is 0 Å². The predicted octanol–water partition coefficient (Wildman–Crippen LogP) is 4.21. The third-order valence-corrected chi connectivity index (χ3v) is 3.37. The molecule has 0 heterocycles. The molecule has 2 aromatic carbocycles. The minimum atomic E-state index is -0.516. The zero-order valence-electron chi connectivity index (χ0n) is 10.3. The lowest BCUT2D eigenvalue weighted by atomic mass is 10.1. The van der Waals surface area contributed by atoms with Crippen molar-refractivity contribution in [2.24, 2.45) is 0 Å². The van der Waals surface area contributed by atoms with E-state index in [4.69, 9.17) is 4.74 Å². The number of halogens is 2. The molecule has 0 aromatic heterocycles. The van der Waals surface area contributed by atoms with Gasteiger partial charge in [0, 0.05) is 9.13 Å². The van der Waals surface area contributed by atoms with Gasteiger partial charge < -0.3 is 4.74 Å². The van der Waals surface area contributed by atoms with E-state index in [9.17, 15) is 9.18 Å². The van der Waals surface area contributed by atoms with Gasteiger partial charge in [-0.15, -0.1) is 0 Å². The molecule has 0 N–H and O–H groups in total. The molecule has 0 saturated heterocycles. The van der Waals surface area contributed by atoms with Gasteiger partial charge >= 0.3 is 0 Å². The summed E-state index contributed by atoms with van der Waals surface area (Å²) in [6.07, 6.45) is 0. The predicted molar refractivity (Wildman–Crippen MR) is 79.9 cm³/mol. The van der Waals surface area contributed by atoms with E-state index >= 15 is 0 Å². The van der Waals surface area contributed by atoms with Crippen LogP contribution in [0.2, 0.25) is 0 Å². The van der Waals surface area contributed by atoms with Crippen LogP contribution in [0.3, 0.4) is 0 Å². The van der Waals surface area contributed by atoms with E-state index in [0.717, 1.165) is 9.13 Å². The van der Waals surface area contributed by atoms with E-state index in [2.05, 4.69) is 22.6 Å². The van der Waals surface area contributed by atoms with Gasteiger partial charge in [-0.3, -0.25) is 4.79 Å². The fourth-order valence-electron chi connectivity index (χ4n) is 1.58. The Morgan fingerprint density at radius 3 is 2.47 bits per heavy atom. The van der Waals surface area contributed by atoms with Gasteiger partial charge in [-0.25, -0.2) is 4.39 Å². The minimum absolute atomic E-state index is 0.156. The lowest BCUT2D eigenvalue weighted by Gasteiger charge is -2.08. The molecule has 0 aliphatic rings. The fourth-order valence-corrected chi connectivity index (χ4v) is 1.94. The van der Waals surface area contributed by atoms with Gasteiger partial charge in [-0.05, 0) is 65.4 Å². The molecule has 98 valence electrons. The molecular weight excluding hydrogens is 358 g/mol. The zero-order chi connectivity index (χ0) is 13.8. The summed E-state index contributed by atoms with van der Waals surface area (Å²) in [5.41, 5.74) is 1.31. The second kappa shape index (κ2) is 6.14. The van der Waals surface area contributed by atoms with Crippen LogP contribution in [0, 0.1) is 9.39 Å². The summed E-state index contributed by atoms with van der Waals surface area (Å²) in [5.74, 6) is -0.523. The maximum Gasteiger partial charge on any atom is 0.165 e. The van der Waals surface area contributed by atoms with Crippen LogP contribution in [0.15, 0.2) is 42.5 Å². The highest BCUT2D eigenvalue weighted by atomic mass is 127. The average molecular weight is 370 g/mol. The van der Waals surface area contributed by atoms with Gasteiger partial charge in [-0.1, -0.05) is 12.1 Å². The van der Waals surface area contributed by atoms with Crippen LogP contribution < -0.4 is 4.74 Å². The standard InChI is InChI=1S/C15H12FIO2/c1-10(18)12-4-7-15(14(16)8-12)19-9-11-2-5-13(17)6-3-11/h2-8H,9H2,1H3. The molecule has 0 spiro atoms.